The lowest BCUT2D eigenvalue weighted by Gasteiger charge is -2.43. The average molecular weight is 551 g/mol. The van der Waals surface area contributed by atoms with Crippen LogP contribution in [0.1, 0.15) is 76.7 Å². The van der Waals surface area contributed by atoms with Crippen molar-refractivity contribution in [2.24, 2.45) is 5.92 Å². The predicted octanol–water partition coefficient (Wildman–Crippen LogP) is 5.78. The lowest BCUT2D eigenvalue weighted by Crippen LogP contribution is -2.50. The fourth-order valence-electron chi connectivity index (χ4n) is 5.61. The summed E-state index contributed by atoms with van der Waals surface area (Å²) in [6.07, 6.45) is 7.75. The minimum Gasteiger partial charge on any atom is -0.482 e. The van der Waals surface area contributed by atoms with Crippen LogP contribution in [-0.4, -0.2) is 72.3 Å². The number of rotatable bonds is 5. The SMILES string of the molecule is CCN(CC)C(=O)C1=CC=C(C2=CC3(CCN(C(=O)OC(C)(C)C)CC3)Oc3cc(C(=O)OC)ccc32)CC1C. The van der Waals surface area contributed by atoms with E-state index in [4.69, 9.17) is 14.2 Å². The van der Waals surface area contributed by atoms with E-state index in [9.17, 15) is 14.4 Å². The first kappa shape index (κ1) is 29.4. The van der Waals surface area contributed by atoms with Crippen molar-refractivity contribution in [1.29, 1.82) is 0 Å². The van der Waals surface area contributed by atoms with Crippen LogP contribution < -0.4 is 4.74 Å². The van der Waals surface area contributed by atoms with Crippen LogP contribution in [0.4, 0.5) is 4.79 Å². The minimum atomic E-state index is -0.638. The van der Waals surface area contributed by atoms with Crippen LogP contribution in [0, 0.1) is 5.92 Å². The Morgan fingerprint density at radius 3 is 2.35 bits per heavy atom. The summed E-state index contributed by atoms with van der Waals surface area (Å²) in [6, 6.07) is 5.40. The number of fused-ring (bicyclic) bond motifs is 1. The zero-order valence-electron chi connectivity index (χ0n) is 24.8. The molecule has 2 amide bonds. The van der Waals surface area contributed by atoms with Gasteiger partial charge in [-0.1, -0.05) is 19.1 Å². The lowest BCUT2D eigenvalue weighted by molar-refractivity contribution is -0.127. The molecule has 216 valence electrons. The van der Waals surface area contributed by atoms with Crippen molar-refractivity contribution >= 4 is 23.5 Å². The van der Waals surface area contributed by atoms with Crippen LogP contribution >= 0.6 is 0 Å². The number of carbonyl (C=O) groups is 3. The number of methoxy groups -OCH3 is 1. The molecule has 0 saturated carbocycles. The standard InChI is InChI=1S/C32H42N2O6/c1-8-33(9-2)28(35)24-12-10-22(18-21(24)3)26-20-32(14-16-34(17-15-32)30(37)40-31(4,5)6)39-27-19-23(29(36)38-7)11-13-25(26)27/h10-13,19-21H,8-9,14-18H2,1-7H3. The van der Waals surface area contributed by atoms with Crippen molar-refractivity contribution in [3.05, 3.63) is 58.7 Å². The summed E-state index contributed by atoms with van der Waals surface area (Å²) >= 11 is 0. The predicted molar refractivity (Wildman–Crippen MR) is 154 cm³/mol. The maximum Gasteiger partial charge on any atom is 0.410 e. The Kier molecular flexibility index (Phi) is 8.47. The third-order valence-electron chi connectivity index (χ3n) is 7.84. The molecule has 1 fully saturated rings. The molecule has 1 saturated heterocycles. The summed E-state index contributed by atoms with van der Waals surface area (Å²) in [5.41, 5.74) is 3.10. The molecule has 8 nitrogen and oxygen atoms in total. The van der Waals surface area contributed by atoms with Gasteiger partial charge < -0.3 is 24.0 Å². The molecule has 1 atom stereocenters. The first-order chi connectivity index (χ1) is 18.9. The fourth-order valence-corrected chi connectivity index (χ4v) is 5.61. The number of amides is 2. The molecule has 0 bridgehead atoms. The molecule has 0 N–H and O–H groups in total. The van der Waals surface area contributed by atoms with E-state index in [-0.39, 0.29) is 17.9 Å². The molecule has 3 aliphatic rings. The Hall–Kier alpha value is -3.55. The van der Waals surface area contributed by atoms with E-state index in [0.717, 1.165) is 22.3 Å². The molecule has 1 unspecified atom stereocenters. The molecule has 1 spiro atoms. The van der Waals surface area contributed by atoms with Gasteiger partial charge in [0.1, 0.15) is 17.0 Å². The van der Waals surface area contributed by atoms with E-state index in [2.05, 4.69) is 19.1 Å². The van der Waals surface area contributed by atoms with E-state index in [1.54, 1.807) is 17.0 Å². The summed E-state index contributed by atoms with van der Waals surface area (Å²) in [5, 5.41) is 0. The summed E-state index contributed by atoms with van der Waals surface area (Å²) in [7, 11) is 1.36. The monoisotopic (exact) mass is 550 g/mol. The van der Waals surface area contributed by atoms with Crippen LogP contribution in [0.5, 0.6) is 5.75 Å². The van der Waals surface area contributed by atoms with Crippen molar-refractivity contribution in [3.63, 3.8) is 0 Å². The van der Waals surface area contributed by atoms with Gasteiger partial charge in [-0.2, -0.15) is 0 Å². The fraction of sp³-hybridized carbons (Fsp3) is 0.531. The Morgan fingerprint density at radius 2 is 1.77 bits per heavy atom. The molecule has 40 heavy (non-hydrogen) atoms. The molecular weight excluding hydrogens is 508 g/mol. The quantitative estimate of drug-likeness (QED) is 0.432. The number of hydrogen-bond donors (Lipinski definition) is 0. The normalized spacial score (nSPS) is 19.9. The number of nitrogens with zero attached hydrogens (tertiary/aromatic N) is 2. The Balaban J connectivity index is 1.69. The highest BCUT2D eigenvalue weighted by Gasteiger charge is 2.41. The number of carbonyl (C=O) groups excluding carboxylic acids is 3. The molecule has 0 radical (unpaired) electrons. The highest BCUT2D eigenvalue weighted by molar-refractivity contribution is 5.96. The van der Waals surface area contributed by atoms with E-state index < -0.39 is 17.2 Å². The van der Waals surface area contributed by atoms with Gasteiger partial charge in [0, 0.05) is 50.2 Å². The van der Waals surface area contributed by atoms with Crippen molar-refractivity contribution in [1.82, 2.24) is 9.80 Å². The zero-order chi connectivity index (χ0) is 29.2. The number of allylic oxidation sites excluding steroid dienone is 4. The first-order valence-corrected chi connectivity index (χ1v) is 14.2. The summed E-state index contributed by atoms with van der Waals surface area (Å²) in [5.74, 6) is 0.334. The van der Waals surface area contributed by atoms with Gasteiger partial charge in [-0.05, 0) is 82.4 Å². The van der Waals surface area contributed by atoms with E-state index in [1.807, 2.05) is 51.7 Å². The third kappa shape index (κ3) is 6.11. The molecule has 1 aliphatic carbocycles. The topological polar surface area (TPSA) is 85.4 Å². The third-order valence-corrected chi connectivity index (χ3v) is 7.84. The summed E-state index contributed by atoms with van der Waals surface area (Å²) in [6.45, 7) is 14.0. The van der Waals surface area contributed by atoms with Gasteiger partial charge in [0.25, 0.3) is 0 Å². The highest BCUT2D eigenvalue weighted by Crippen LogP contribution is 2.46. The Labute approximate surface area is 237 Å². The molecule has 1 aromatic carbocycles. The van der Waals surface area contributed by atoms with Crippen LogP contribution in [-0.2, 0) is 14.3 Å². The average Bonchev–Trinajstić information content (AvgIpc) is 2.91. The van der Waals surface area contributed by atoms with Crippen molar-refractivity contribution < 1.29 is 28.6 Å². The minimum absolute atomic E-state index is 0.0552. The number of benzene rings is 1. The largest absolute Gasteiger partial charge is 0.482 e. The van der Waals surface area contributed by atoms with Gasteiger partial charge in [0.05, 0.1) is 12.7 Å². The lowest BCUT2D eigenvalue weighted by atomic mass is 9.78. The van der Waals surface area contributed by atoms with Crippen molar-refractivity contribution in [2.45, 2.75) is 72.0 Å². The second-order valence-electron chi connectivity index (χ2n) is 11.8. The Bertz CT molecular complexity index is 1260. The van der Waals surface area contributed by atoms with Gasteiger partial charge in [0.15, 0.2) is 0 Å². The number of piperidine rings is 1. The molecule has 2 heterocycles. The number of esters is 1. The van der Waals surface area contributed by atoms with Gasteiger partial charge in [-0.25, -0.2) is 9.59 Å². The summed E-state index contributed by atoms with van der Waals surface area (Å²) in [4.78, 5) is 41.7. The molecule has 8 heteroatoms. The number of likely N-dealkylation sites (tertiary alicyclic amines) is 1. The van der Waals surface area contributed by atoms with Crippen molar-refractivity contribution in [2.75, 3.05) is 33.3 Å². The second kappa shape index (κ2) is 11.5. The smallest absolute Gasteiger partial charge is 0.410 e. The van der Waals surface area contributed by atoms with E-state index >= 15 is 0 Å². The van der Waals surface area contributed by atoms with Crippen molar-refractivity contribution in [3.8, 4) is 5.75 Å². The molecule has 4 rings (SSSR count). The van der Waals surface area contributed by atoms with Gasteiger partial charge in [-0.15, -0.1) is 0 Å². The number of hydrogen-bond acceptors (Lipinski definition) is 6. The van der Waals surface area contributed by atoms with Crippen LogP contribution in [0.3, 0.4) is 0 Å². The highest BCUT2D eigenvalue weighted by atomic mass is 16.6. The molecule has 1 aromatic rings. The van der Waals surface area contributed by atoms with Crippen LogP contribution in [0.15, 0.2) is 47.6 Å². The van der Waals surface area contributed by atoms with Gasteiger partial charge in [0.2, 0.25) is 5.91 Å². The van der Waals surface area contributed by atoms with E-state index in [0.29, 0.717) is 56.8 Å². The first-order valence-electron chi connectivity index (χ1n) is 14.2. The maximum atomic E-state index is 13.1. The molecule has 0 aromatic heterocycles. The van der Waals surface area contributed by atoms with Gasteiger partial charge >= 0.3 is 12.1 Å². The molecular formula is C32H42N2O6. The number of likely N-dealkylation sites (N-methyl/N-ethyl adjacent to an activating group) is 1. The molecule has 2 aliphatic heterocycles. The Morgan fingerprint density at radius 1 is 1.10 bits per heavy atom. The van der Waals surface area contributed by atoms with E-state index in [1.165, 1.54) is 7.11 Å². The van der Waals surface area contributed by atoms with Gasteiger partial charge in [-0.3, -0.25) is 4.79 Å². The zero-order valence-corrected chi connectivity index (χ0v) is 24.8. The van der Waals surface area contributed by atoms with Crippen LogP contribution in [0.2, 0.25) is 0 Å². The van der Waals surface area contributed by atoms with Crippen LogP contribution in [0.25, 0.3) is 5.57 Å². The number of ether oxygens (including phenoxy) is 3. The maximum absolute atomic E-state index is 13.1. The summed E-state index contributed by atoms with van der Waals surface area (Å²) < 4.78 is 17.2. The second-order valence-corrected chi connectivity index (χ2v) is 11.8.